The number of rotatable bonds is 4. The first-order chi connectivity index (χ1) is 11.5. The summed E-state index contributed by atoms with van der Waals surface area (Å²) >= 11 is 4.94. The van der Waals surface area contributed by atoms with E-state index in [9.17, 15) is 9.59 Å². The van der Waals surface area contributed by atoms with Crippen molar-refractivity contribution >= 4 is 29.1 Å². The van der Waals surface area contributed by atoms with Crippen LogP contribution in [0, 0.1) is 6.92 Å². The Bertz CT molecular complexity index is 735. The normalized spacial score (nSPS) is 9.71. The van der Waals surface area contributed by atoms with Crippen LogP contribution in [0.3, 0.4) is 0 Å². The van der Waals surface area contributed by atoms with Gasteiger partial charge in [0.05, 0.1) is 0 Å². The Kier molecular flexibility index (Phi) is 6.27. The minimum Gasteiger partial charge on any atom is -0.484 e. The van der Waals surface area contributed by atoms with E-state index in [4.69, 9.17) is 17.0 Å². The average molecular weight is 343 g/mol. The molecule has 0 unspecified atom stereocenters. The van der Waals surface area contributed by atoms with Crippen LogP contribution in [-0.2, 0) is 4.79 Å². The Morgan fingerprint density at radius 1 is 1.04 bits per heavy atom. The average Bonchev–Trinajstić information content (AvgIpc) is 2.59. The summed E-state index contributed by atoms with van der Waals surface area (Å²) in [4.78, 5) is 23.6. The third-order valence-electron chi connectivity index (χ3n) is 2.94. The van der Waals surface area contributed by atoms with E-state index in [1.807, 2.05) is 19.1 Å². The summed E-state index contributed by atoms with van der Waals surface area (Å²) in [5, 5.41) is 2.39. The fourth-order valence-electron chi connectivity index (χ4n) is 1.83. The van der Waals surface area contributed by atoms with Gasteiger partial charge in [0.25, 0.3) is 11.8 Å². The summed E-state index contributed by atoms with van der Waals surface area (Å²) in [6, 6.07) is 16.0. The van der Waals surface area contributed by atoms with Crippen molar-refractivity contribution in [3.63, 3.8) is 0 Å². The van der Waals surface area contributed by atoms with Crippen molar-refractivity contribution in [1.82, 2.24) is 16.2 Å². The topological polar surface area (TPSA) is 79.5 Å². The lowest BCUT2D eigenvalue weighted by Gasteiger charge is -2.11. The van der Waals surface area contributed by atoms with Gasteiger partial charge >= 0.3 is 0 Å². The first kappa shape index (κ1) is 17.4. The lowest BCUT2D eigenvalue weighted by molar-refractivity contribution is -0.121. The Morgan fingerprint density at radius 2 is 1.79 bits per heavy atom. The number of hydrogen-bond donors (Lipinski definition) is 3. The van der Waals surface area contributed by atoms with Crippen LogP contribution in [0.15, 0.2) is 54.6 Å². The number of aryl methyl sites for hydroxylation is 1. The van der Waals surface area contributed by atoms with Gasteiger partial charge in [0.2, 0.25) is 0 Å². The van der Waals surface area contributed by atoms with Crippen LogP contribution in [0.1, 0.15) is 15.9 Å². The van der Waals surface area contributed by atoms with Gasteiger partial charge in [-0.25, -0.2) is 0 Å². The molecule has 0 heterocycles. The molecule has 0 aliphatic carbocycles. The fourth-order valence-corrected chi connectivity index (χ4v) is 2.00. The van der Waals surface area contributed by atoms with E-state index >= 15 is 0 Å². The predicted octanol–water partition coefficient (Wildman–Crippen LogP) is 1.71. The molecule has 0 aromatic heterocycles. The van der Waals surface area contributed by atoms with Crippen molar-refractivity contribution in [3.05, 3.63) is 65.7 Å². The molecule has 0 aliphatic heterocycles. The summed E-state index contributed by atoms with van der Waals surface area (Å²) in [5.74, 6) is -0.198. The van der Waals surface area contributed by atoms with Crippen molar-refractivity contribution < 1.29 is 14.3 Å². The molecule has 3 N–H and O–H groups in total. The third-order valence-corrected chi connectivity index (χ3v) is 3.14. The van der Waals surface area contributed by atoms with E-state index in [0.29, 0.717) is 11.3 Å². The molecule has 0 saturated carbocycles. The van der Waals surface area contributed by atoms with E-state index in [-0.39, 0.29) is 17.6 Å². The number of benzene rings is 2. The molecule has 24 heavy (non-hydrogen) atoms. The monoisotopic (exact) mass is 343 g/mol. The van der Waals surface area contributed by atoms with Crippen LogP contribution in [-0.4, -0.2) is 23.5 Å². The summed E-state index contributed by atoms with van der Waals surface area (Å²) in [5.41, 5.74) is 6.35. The molecule has 6 nitrogen and oxygen atoms in total. The molecular formula is C17H17N3O3S. The van der Waals surface area contributed by atoms with E-state index < -0.39 is 5.91 Å². The van der Waals surface area contributed by atoms with Gasteiger partial charge in [0.1, 0.15) is 5.75 Å². The minimum absolute atomic E-state index is 0.0161. The molecule has 0 aliphatic rings. The highest BCUT2D eigenvalue weighted by Gasteiger charge is 2.08. The quantitative estimate of drug-likeness (QED) is 0.582. The number of hydrazine groups is 1. The third kappa shape index (κ3) is 5.69. The number of carbonyl (C=O) groups is 2. The molecule has 0 bridgehead atoms. The highest BCUT2D eigenvalue weighted by molar-refractivity contribution is 7.80. The van der Waals surface area contributed by atoms with Gasteiger partial charge in [0.15, 0.2) is 11.7 Å². The van der Waals surface area contributed by atoms with Crippen molar-refractivity contribution in [1.29, 1.82) is 0 Å². The molecule has 7 heteroatoms. The second-order valence-corrected chi connectivity index (χ2v) is 5.34. The van der Waals surface area contributed by atoms with E-state index in [0.717, 1.165) is 5.56 Å². The Labute approximate surface area is 145 Å². The maximum absolute atomic E-state index is 11.9. The molecular weight excluding hydrogens is 326 g/mol. The number of ether oxygens (including phenoxy) is 1. The van der Waals surface area contributed by atoms with Crippen LogP contribution >= 0.6 is 12.2 Å². The first-order valence-electron chi connectivity index (χ1n) is 7.19. The van der Waals surface area contributed by atoms with Crippen molar-refractivity contribution in [2.75, 3.05) is 6.61 Å². The number of hydrogen-bond acceptors (Lipinski definition) is 4. The lowest BCUT2D eigenvalue weighted by atomic mass is 10.1. The summed E-state index contributed by atoms with van der Waals surface area (Å²) in [6.07, 6.45) is 0. The molecule has 2 aromatic carbocycles. The number of amides is 2. The predicted molar refractivity (Wildman–Crippen MR) is 94.5 cm³/mol. The highest BCUT2D eigenvalue weighted by Crippen LogP contribution is 2.07. The van der Waals surface area contributed by atoms with Crippen LogP contribution in [0.2, 0.25) is 0 Å². The van der Waals surface area contributed by atoms with Crippen LogP contribution in [0.5, 0.6) is 5.75 Å². The zero-order valence-electron chi connectivity index (χ0n) is 13.0. The Morgan fingerprint density at radius 3 is 2.50 bits per heavy atom. The summed E-state index contributed by atoms with van der Waals surface area (Å²) in [7, 11) is 0. The Hall–Kier alpha value is -2.93. The maximum Gasteiger partial charge on any atom is 0.269 e. The second-order valence-electron chi connectivity index (χ2n) is 4.93. The Balaban J connectivity index is 1.72. The summed E-state index contributed by atoms with van der Waals surface area (Å²) in [6.45, 7) is 1.71. The van der Waals surface area contributed by atoms with Crippen molar-refractivity contribution in [2.45, 2.75) is 6.92 Å². The molecule has 2 aromatic rings. The molecule has 2 amide bonds. The molecule has 0 atom stereocenters. The molecule has 0 saturated heterocycles. The van der Waals surface area contributed by atoms with E-state index in [1.54, 1.807) is 42.5 Å². The zero-order valence-corrected chi connectivity index (χ0v) is 13.9. The maximum atomic E-state index is 11.9. The van der Waals surface area contributed by atoms with Gasteiger partial charge in [-0.1, -0.05) is 35.9 Å². The van der Waals surface area contributed by atoms with E-state index in [1.165, 1.54) is 0 Å². The fraction of sp³-hybridized carbons (Fsp3) is 0.118. The SMILES string of the molecule is Cc1cccc(C(=O)NNC(=S)NC(=O)COc2ccccc2)c1. The first-order valence-corrected chi connectivity index (χ1v) is 7.60. The highest BCUT2D eigenvalue weighted by atomic mass is 32.1. The zero-order chi connectivity index (χ0) is 17.4. The summed E-state index contributed by atoms with van der Waals surface area (Å²) < 4.78 is 5.29. The van der Waals surface area contributed by atoms with Crippen molar-refractivity contribution in [3.8, 4) is 5.75 Å². The number of carbonyl (C=O) groups excluding carboxylic acids is 2. The molecule has 2 rings (SSSR count). The number of para-hydroxylation sites is 1. The molecule has 0 fully saturated rings. The van der Waals surface area contributed by atoms with E-state index in [2.05, 4.69) is 16.2 Å². The molecule has 0 radical (unpaired) electrons. The van der Waals surface area contributed by atoms with Crippen LogP contribution < -0.4 is 20.9 Å². The van der Waals surface area contributed by atoms with Gasteiger partial charge < -0.3 is 4.74 Å². The van der Waals surface area contributed by atoms with Crippen LogP contribution in [0.25, 0.3) is 0 Å². The number of thiocarbonyl (C=S) groups is 1. The van der Waals surface area contributed by atoms with Gasteiger partial charge in [-0.15, -0.1) is 0 Å². The van der Waals surface area contributed by atoms with Gasteiger partial charge in [-0.2, -0.15) is 0 Å². The smallest absolute Gasteiger partial charge is 0.269 e. The van der Waals surface area contributed by atoms with Gasteiger partial charge in [0, 0.05) is 5.56 Å². The second kappa shape index (κ2) is 8.64. The van der Waals surface area contributed by atoms with Gasteiger partial charge in [-0.3, -0.25) is 25.8 Å². The minimum atomic E-state index is -0.429. The standard InChI is InChI=1S/C17H17N3O3S/c1-12-6-5-7-13(10-12)16(22)19-20-17(24)18-15(21)11-23-14-8-3-2-4-9-14/h2-10H,11H2,1H3,(H,19,22)(H2,18,20,21,24). The number of nitrogens with one attached hydrogen (secondary N) is 3. The molecule has 0 spiro atoms. The van der Waals surface area contributed by atoms with Gasteiger partial charge in [-0.05, 0) is 43.4 Å². The molecule has 124 valence electrons. The van der Waals surface area contributed by atoms with Crippen LogP contribution in [0.4, 0.5) is 0 Å². The lowest BCUT2D eigenvalue weighted by Crippen LogP contribution is -2.49. The largest absolute Gasteiger partial charge is 0.484 e. The van der Waals surface area contributed by atoms with Crippen molar-refractivity contribution in [2.24, 2.45) is 0 Å².